The first-order valence-corrected chi connectivity index (χ1v) is 9.82. The van der Waals surface area contributed by atoms with Crippen molar-refractivity contribution in [2.45, 2.75) is 9.99 Å². The van der Waals surface area contributed by atoms with E-state index < -0.39 is 11.9 Å². The normalized spacial score (nSPS) is 10.9. The van der Waals surface area contributed by atoms with Crippen molar-refractivity contribution >= 4 is 47.0 Å². The first-order valence-electron chi connectivity index (χ1n) is 8.63. The van der Waals surface area contributed by atoms with Gasteiger partial charge in [0.15, 0.2) is 5.09 Å². The molecule has 3 aromatic rings. The van der Waals surface area contributed by atoms with Crippen molar-refractivity contribution < 1.29 is 18.7 Å². The quantitative estimate of drug-likeness (QED) is 0.314. The van der Waals surface area contributed by atoms with Gasteiger partial charge >= 0.3 is 5.97 Å². The van der Waals surface area contributed by atoms with Gasteiger partial charge in [0.2, 0.25) is 0 Å². The third kappa shape index (κ3) is 5.54. The second-order valence-corrected chi connectivity index (χ2v) is 7.42. The summed E-state index contributed by atoms with van der Waals surface area (Å²) in [6.45, 7) is 0. The van der Waals surface area contributed by atoms with Crippen molar-refractivity contribution in [3.05, 3.63) is 82.6 Å². The number of hydrogen-bond donors (Lipinski definition) is 1. The molecular formula is C22H15ClN2O4S. The standard InChI is InChI=1S/C22H15ClN2O4S/c1-28-22(27)14-2-6-17(7-3-14)25-21(26)15(13-24)12-18-8-11-20(29-18)30-19-9-4-16(23)5-10-19/h2-12H,1H3,(H,25,26)/b15-12+. The van der Waals surface area contributed by atoms with Crippen LogP contribution in [0.25, 0.3) is 6.08 Å². The molecule has 1 aromatic heterocycles. The molecule has 1 heterocycles. The molecular weight excluding hydrogens is 424 g/mol. The van der Waals surface area contributed by atoms with E-state index in [0.29, 0.717) is 27.1 Å². The Morgan fingerprint density at radius 3 is 2.43 bits per heavy atom. The molecule has 0 saturated carbocycles. The second kappa shape index (κ2) is 9.83. The minimum Gasteiger partial charge on any atom is -0.465 e. The van der Waals surface area contributed by atoms with Crippen LogP contribution in [0.5, 0.6) is 0 Å². The fraction of sp³-hybridized carbons (Fsp3) is 0.0455. The van der Waals surface area contributed by atoms with Gasteiger partial charge in [-0.2, -0.15) is 5.26 Å². The van der Waals surface area contributed by atoms with Gasteiger partial charge in [-0.05, 0) is 60.7 Å². The van der Waals surface area contributed by atoms with Crippen LogP contribution in [0.4, 0.5) is 5.69 Å². The highest BCUT2D eigenvalue weighted by Gasteiger charge is 2.12. The number of esters is 1. The number of nitriles is 1. The summed E-state index contributed by atoms with van der Waals surface area (Å²) in [5.74, 6) is -0.693. The molecule has 0 spiro atoms. The number of nitrogens with zero attached hydrogens (tertiary/aromatic N) is 1. The van der Waals surface area contributed by atoms with Gasteiger partial charge in [-0.1, -0.05) is 23.4 Å². The Kier molecular flexibility index (Phi) is 6.96. The number of methoxy groups -OCH3 is 1. The number of ether oxygens (including phenoxy) is 1. The Morgan fingerprint density at radius 2 is 1.80 bits per heavy atom. The molecule has 0 aliphatic rings. The van der Waals surface area contributed by atoms with E-state index in [-0.39, 0.29) is 5.57 Å². The maximum atomic E-state index is 12.4. The van der Waals surface area contributed by atoms with Gasteiger partial charge in [-0.25, -0.2) is 4.79 Å². The molecule has 0 unspecified atom stereocenters. The first-order chi connectivity index (χ1) is 14.5. The lowest BCUT2D eigenvalue weighted by atomic mass is 10.2. The summed E-state index contributed by atoms with van der Waals surface area (Å²) >= 11 is 7.27. The summed E-state index contributed by atoms with van der Waals surface area (Å²) in [7, 11) is 1.29. The van der Waals surface area contributed by atoms with Gasteiger partial charge in [-0.3, -0.25) is 4.79 Å². The molecule has 30 heavy (non-hydrogen) atoms. The summed E-state index contributed by atoms with van der Waals surface area (Å²) in [6.07, 6.45) is 1.37. The molecule has 150 valence electrons. The average Bonchev–Trinajstić information content (AvgIpc) is 3.20. The van der Waals surface area contributed by atoms with Crippen LogP contribution in [0, 0.1) is 11.3 Å². The van der Waals surface area contributed by atoms with Crippen molar-refractivity contribution in [1.29, 1.82) is 5.26 Å². The van der Waals surface area contributed by atoms with Crippen molar-refractivity contribution in [3.8, 4) is 6.07 Å². The first kappa shape index (κ1) is 21.2. The van der Waals surface area contributed by atoms with Gasteiger partial charge < -0.3 is 14.5 Å². The summed E-state index contributed by atoms with van der Waals surface area (Å²) in [6, 6.07) is 18.7. The zero-order valence-electron chi connectivity index (χ0n) is 15.7. The van der Waals surface area contributed by atoms with Crippen molar-refractivity contribution in [2.24, 2.45) is 0 Å². The van der Waals surface area contributed by atoms with Gasteiger partial charge in [0, 0.05) is 21.7 Å². The summed E-state index contributed by atoms with van der Waals surface area (Å²) in [5.41, 5.74) is 0.671. The number of carbonyl (C=O) groups is 2. The Morgan fingerprint density at radius 1 is 1.10 bits per heavy atom. The van der Waals surface area contributed by atoms with Gasteiger partial charge in [0.1, 0.15) is 17.4 Å². The van der Waals surface area contributed by atoms with E-state index in [4.69, 9.17) is 16.0 Å². The van der Waals surface area contributed by atoms with E-state index in [1.807, 2.05) is 18.2 Å². The maximum absolute atomic E-state index is 12.4. The Balaban J connectivity index is 1.68. The molecule has 0 aliphatic carbocycles. The Hall–Kier alpha value is -3.47. The fourth-order valence-electron chi connectivity index (χ4n) is 2.38. The van der Waals surface area contributed by atoms with E-state index in [2.05, 4.69) is 10.1 Å². The summed E-state index contributed by atoms with van der Waals surface area (Å²) < 4.78 is 10.3. The molecule has 1 amide bonds. The zero-order chi connectivity index (χ0) is 21.5. The highest BCUT2D eigenvalue weighted by Crippen LogP contribution is 2.30. The molecule has 2 aromatic carbocycles. The number of carbonyl (C=O) groups excluding carboxylic acids is 2. The predicted octanol–water partition coefficient (Wildman–Crippen LogP) is 5.42. The maximum Gasteiger partial charge on any atom is 0.337 e. The summed E-state index contributed by atoms with van der Waals surface area (Å²) in [5, 5.41) is 13.2. The lowest BCUT2D eigenvalue weighted by molar-refractivity contribution is -0.112. The molecule has 8 heteroatoms. The number of halogens is 1. The molecule has 1 N–H and O–H groups in total. The molecule has 0 fully saturated rings. The minimum absolute atomic E-state index is 0.121. The minimum atomic E-state index is -0.591. The molecule has 6 nitrogen and oxygen atoms in total. The second-order valence-electron chi connectivity index (χ2n) is 5.91. The van der Waals surface area contributed by atoms with Crippen LogP contribution < -0.4 is 5.32 Å². The monoisotopic (exact) mass is 438 g/mol. The number of furan rings is 1. The molecule has 0 aliphatic heterocycles. The zero-order valence-corrected chi connectivity index (χ0v) is 17.3. The van der Waals surface area contributed by atoms with E-state index in [1.165, 1.54) is 37.1 Å². The smallest absolute Gasteiger partial charge is 0.337 e. The van der Waals surface area contributed by atoms with Crippen LogP contribution >= 0.6 is 23.4 Å². The van der Waals surface area contributed by atoms with Crippen molar-refractivity contribution in [1.82, 2.24) is 0 Å². The topological polar surface area (TPSA) is 92.3 Å². The van der Waals surface area contributed by atoms with Crippen LogP contribution in [-0.4, -0.2) is 19.0 Å². The molecule has 0 radical (unpaired) electrons. The predicted molar refractivity (Wildman–Crippen MR) is 114 cm³/mol. The molecule has 0 atom stereocenters. The Bertz CT molecular complexity index is 1130. The van der Waals surface area contributed by atoms with Gasteiger partial charge in [0.05, 0.1) is 12.7 Å². The average molecular weight is 439 g/mol. The fourth-order valence-corrected chi connectivity index (χ4v) is 3.29. The van der Waals surface area contributed by atoms with Crippen molar-refractivity contribution in [3.63, 3.8) is 0 Å². The highest BCUT2D eigenvalue weighted by atomic mass is 35.5. The summed E-state index contributed by atoms with van der Waals surface area (Å²) in [4.78, 5) is 24.8. The molecule has 0 saturated heterocycles. The van der Waals surface area contributed by atoms with E-state index in [1.54, 1.807) is 36.4 Å². The third-order valence-corrected chi connectivity index (χ3v) is 5.03. The largest absolute Gasteiger partial charge is 0.465 e. The van der Waals surface area contributed by atoms with Crippen LogP contribution in [0.1, 0.15) is 16.1 Å². The SMILES string of the molecule is COC(=O)c1ccc(NC(=O)/C(C#N)=C/c2ccc(Sc3ccc(Cl)cc3)o2)cc1. The van der Waals surface area contributed by atoms with Gasteiger partial charge in [-0.15, -0.1) is 0 Å². The highest BCUT2D eigenvalue weighted by molar-refractivity contribution is 7.99. The van der Waals surface area contributed by atoms with Crippen LogP contribution in [0.15, 0.2) is 80.6 Å². The number of anilines is 1. The van der Waals surface area contributed by atoms with Crippen LogP contribution in [0.3, 0.4) is 0 Å². The molecule has 3 rings (SSSR count). The number of nitrogens with one attached hydrogen (secondary N) is 1. The number of hydrogen-bond acceptors (Lipinski definition) is 6. The van der Waals surface area contributed by atoms with Crippen molar-refractivity contribution in [2.75, 3.05) is 12.4 Å². The van der Waals surface area contributed by atoms with Crippen LogP contribution in [0.2, 0.25) is 5.02 Å². The number of amides is 1. The van der Waals surface area contributed by atoms with E-state index >= 15 is 0 Å². The Labute approximate surface area is 182 Å². The molecule has 0 bridgehead atoms. The van der Waals surface area contributed by atoms with Gasteiger partial charge in [0.25, 0.3) is 5.91 Å². The van der Waals surface area contributed by atoms with Crippen LogP contribution in [-0.2, 0) is 9.53 Å². The van der Waals surface area contributed by atoms with E-state index in [9.17, 15) is 14.9 Å². The lowest BCUT2D eigenvalue weighted by Gasteiger charge is -2.05. The lowest BCUT2D eigenvalue weighted by Crippen LogP contribution is -2.13. The van der Waals surface area contributed by atoms with E-state index in [0.717, 1.165) is 4.90 Å². The third-order valence-electron chi connectivity index (χ3n) is 3.85. The number of rotatable bonds is 6. The number of benzene rings is 2.